The summed E-state index contributed by atoms with van der Waals surface area (Å²) in [5.41, 5.74) is 3.27. The highest BCUT2D eigenvalue weighted by atomic mass is 32.1. The Kier molecular flexibility index (Phi) is 2.90. The SMILES string of the molecule is Cc1cccc2c(N=Nc3nc4ccccc4s3)c(O)[nH]c12. The molecule has 2 aromatic carbocycles. The third-order valence-electron chi connectivity index (χ3n) is 3.51. The molecule has 0 amide bonds. The Hall–Kier alpha value is -2.73. The summed E-state index contributed by atoms with van der Waals surface area (Å²) in [5.74, 6) is 0.0224. The number of H-pyrrole nitrogens is 1. The van der Waals surface area contributed by atoms with Crippen LogP contribution in [0.15, 0.2) is 52.7 Å². The molecular formula is C16H12N4OS. The minimum Gasteiger partial charge on any atom is -0.493 e. The monoisotopic (exact) mass is 308 g/mol. The first-order chi connectivity index (χ1) is 10.7. The highest BCUT2D eigenvalue weighted by Gasteiger charge is 2.12. The fourth-order valence-electron chi connectivity index (χ4n) is 2.43. The van der Waals surface area contributed by atoms with E-state index in [2.05, 4.69) is 20.2 Å². The highest BCUT2D eigenvalue weighted by Crippen LogP contribution is 2.38. The summed E-state index contributed by atoms with van der Waals surface area (Å²) in [6.07, 6.45) is 0. The first-order valence-electron chi connectivity index (χ1n) is 6.80. The first-order valence-corrected chi connectivity index (χ1v) is 7.61. The summed E-state index contributed by atoms with van der Waals surface area (Å²) < 4.78 is 1.07. The quantitative estimate of drug-likeness (QED) is 0.499. The van der Waals surface area contributed by atoms with Gasteiger partial charge in [-0.15, -0.1) is 10.2 Å². The van der Waals surface area contributed by atoms with Crippen molar-refractivity contribution in [3.63, 3.8) is 0 Å². The fraction of sp³-hybridized carbons (Fsp3) is 0.0625. The molecule has 0 bridgehead atoms. The zero-order valence-corrected chi connectivity index (χ0v) is 12.6. The molecule has 0 radical (unpaired) electrons. The molecule has 0 unspecified atom stereocenters. The summed E-state index contributed by atoms with van der Waals surface area (Å²) in [4.78, 5) is 7.35. The minimum atomic E-state index is 0.0224. The number of aromatic hydroxyl groups is 1. The van der Waals surface area contributed by atoms with Crippen molar-refractivity contribution in [2.24, 2.45) is 10.2 Å². The largest absolute Gasteiger partial charge is 0.493 e. The van der Waals surface area contributed by atoms with E-state index in [0.717, 1.165) is 26.7 Å². The number of azo groups is 1. The van der Waals surface area contributed by atoms with Crippen LogP contribution in [-0.4, -0.2) is 15.1 Å². The second kappa shape index (κ2) is 4.92. The molecule has 5 nitrogen and oxygen atoms in total. The van der Waals surface area contributed by atoms with E-state index < -0.39 is 0 Å². The lowest BCUT2D eigenvalue weighted by atomic mass is 10.1. The van der Waals surface area contributed by atoms with Crippen LogP contribution in [0.25, 0.3) is 21.1 Å². The summed E-state index contributed by atoms with van der Waals surface area (Å²) >= 11 is 1.47. The van der Waals surface area contributed by atoms with E-state index in [9.17, 15) is 5.11 Å². The third-order valence-corrected chi connectivity index (χ3v) is 4.43. The van der Waals surface area contributed by atoms with Gasteiger partial charge in [0.25, 0.3) is 0 Å². The first kappa shape index (κ1) is 13.0. The maximum atomic E-state index is 10.1. The van der Waals surface area contributed by atoms with Gasteiger partial charge in [-0.1, -0.05) is 41.7 Å². The second-order valence-electron chi connectivity index (χ2n) is 4.98. The summed E-state index contributed by atoms with van der Waals surface area (Å²) in [5, 5.41) is 19.8. The minimum absolute atomic E-state index is 0.0224. The van der Waals surface area contributed by atoms with Gasteiger partial charge in [0.2, 0.25) is 11.0 Å². The second-order valence-corrected chi connectivity index (χ2v) is 5.99. The molecule has 0 atom stereocenters. The maximum absolute atomic E-state index is 10.1. The molecule has 2 N–H and O–H groups in total. The van der Waals surface area contributed by atoms with Gasteiger partial charge in [0, 0.05) is 5.39 Å². The Labute approximate surface area is 130 Å². The Balaban J connectivity index is 1.79. The van der Waals surface area contributed by atoms with E-state index in [1.165, 1.54) is 11.3 Å². The molecule has 2 aromatic heterocycles. The Morgan fingerprint density at radius 3 is 2.82 bits per heavy atom. The van der Waals surface area contributed by atoms with Gasteiger partial charge in [-0.2, -0.15) is 0 Å². The van der Waals surface area contributed by atoms with E-state index in [0.29, 0.717) is 10.8 Å². The predicted octanol–water partition coefficient (Wildman–Crippen LogP) is 5.21. The third kappa shape index (κ3) is 2.05. The van der Waals surface area contributed by atoms with Crippen molar-refractivity contribution in [2.75, 3.05) is 0 Å². The molecule has 0 aliphatic carbocycles. The summed E-state index contributed by atoms with van der Waals surface area (Å²) in [7, 11) is 0. The van der Waals surface area contributed by atoms with Crippen molar-refractivity contribution in [3.05, 3.63) is 48.0 Å². The Morgan fingerprint density at radius 1 is 1.09 bits per heavy atom. The molecule has 6 heteroatoms. The molecule has 108 valence electrons. The van der Waals surface area contributed by atoms with Gasteiger partial charge in [0.15, 0.2) is 5.69 Å². The van der Waals surface area contributed by atoms with Gasteiger partial charge in [-0.25, -0.2) is 4.98 Å². The number of benzene rings is 2. The zero-order chi connectivity index (χ0) is 15.1. The molecule has 2 heterocycles. The lowest BCUT2D eigenvalue weighted by molar-refractivity contribution is 0.459. The van der Waals surface area contributed by atoms with Crippen molar-refractivity contribution >= 4 is 43.3 Å². The number of nitrogens with one attached hydrogen (secondary N) is 1. The summed E-state index contributed by atoms with van der Waals surface area (Å²) in [6.45, 7) is 1.98. The number of aromatic amines is 1. The smallest absolute Gasteiger partial charge is 0.231 e. The van der Waals surface area contributed by atoms with Crippen LogP contribution in [-0.2, 0) is 0 Å². The van der Waals surface area contributed by atoms with E-state index in [1.807, 2.05) is 49.4 Å². The van der Waals surface area contributed by atoms with E-state index in [1.54, 1.807) is 0 Å². The molecule has 0 saturated carbocycles. The number of hydrogen-bond acceptors (Lipinski definition) is 5. The number of para-hydroxylation sites is 2. The molecule has 4 aromatic rings. The van der Waals surface area contributed by atoms with Crippen LogP contribution in [0.5, 0.6) is 5.88 Å². The van der Waals surface area contributed by atoms with Crippen LogP contribution >= 0.6 is 11.3 Å². The van der Waals surface area contributed by atoms with E-state index in [-0.39, 0.29) is 5.88 Å². The molecular weight excluding hydrogens is 296 g/mol. The van der Waals surface area contributed by atoms with Crippen LogP contribution in [0, 0.1) is 6.92 Å². The highest BCUT2D eigenvalue weighted by molar-refractivity contribution is 7.21. The molecule has 0 aliphatic rings. The normalized spacial score (nSPS) is 11.9. The van der Waals surface area contributed by atoms with E-state index in [4.69, 9.17) is 0 Å². The zero-order valence-electron chi connectivity index (χ0n) is 11.7. The average molecular weight is 308 g/mol. The van der Waals surface area contributed by atoms with Gasteiger partial charge in [0.1, 0.15) is 0 Å². The maximum Gasteiger partial charge on any atom is 0.231 e. The van der Waals surface area contributed by atoms with Crippen LogP contribution in [0.2, 0.25) is 0 Å². The van der Waals surface area contributed by atoms with Gasteiger partial charge in [0.05, 0.1) is 15.7 Å². The van der Waals surface area contributed by atoms with Crippen molar-refractivity contribution in [1.29, 1.82) is 0 Å². The number of rotatable bonds is 2. The molecule has 22 heavy (non-hydrogen) atoms. The van der Waals surface area contributed by atoms with Crippen molar-refractivity contribution in [2.45, 2.75) is 6.92 Å². The van der Waals surface area contributed by atoms with E-state index >= 15 is 0 Å². The summed E-state index contributed by atoms with van der Waals surface area (Å²) in [6, 6.07) is 13.7. The van der Waals surface area contributed by atoms with Crippen LogP contribution < -0.4 is 0 Å². The molecule has 0 aliphatic heterocycles. The number of hydrogen-bond donors (Lipinski definition) is 2. The van der Waals surface area contributed by atoms with Crippen LogP contribution in [0.1, 0.15) is 5.56 Å². The number of thiazole rings is 1. The molecule has 0 saturated heterocycles. The topological polar surface area (TPSA) is 73.6 Å². The van der Waals surface area contributed by atoms with Crippen molar-refractivity contribution in [3.8, 4) is 5.88 Å². The van der Waals surface area contributed by atoms with Gasteiger partial charge >= 0.3 is 0 Å². The number of fused-ring (bicyclic) bond motifs is 2. The van der Waals surface area contributed by atoms with Crippen molar-refractivity contribution < 1.29 is 5.11 Å². The van der Waals surface area contributed by atoms with Crippen LogP contribution in [0.4, 0.5) is 10.8 Å². The Bertz CT molecular complexity index is 983. The molecule has 0 fully saturated rings. The number of nitrogens with zero attached hydrogens (tertiary/aromatic N) is 3. The fourth-order valence-corrected chi connectivity index (χ4v) is 3.22. The lowest BCUT2D eigenvalue weighted by Gasteiger charge is -1.93. The standard InChI is InChI=1S/C16H12N4OS/c1-9-5-4-6-10-13(9)18-15(21)14(10)19-20-16-17-11-7-2-3-8-12(11)22-16/h2-8,18,21H,1H3. The molecule has 4 rings (SSSR count). The predicted molar refractivity (Wildman–Crippen MR) is 88.5 cm³/mol. The number of aromatic nitrogens is 2. The van der Waals surface area contributed by atoms with Gasteiger partial charge in [-0.05, 0) is 24.6 Å². The Morgan fingerprint density at radius 2 is 1.95 bits per heavy atom. The van der Waals surface area contributed by atoms with Crippen LogP contribution in [0.3, 0.4) is 0 Å². The lowest BCUT2D eigenvalue weighted by Crippen LogP contribution is -1.73. The average Bonchev–Trinajstić information content (AvgIpc) is 3.06. The van der Waals surface area contributed by atoms with Gasteiger partial charge in [-0.3, -0.25) is 0 Å². The van der Waals surface area contributed by atoms with Crippen molar-refractivity contribution in [1.82, 2.24) is 9.97 Å². The van der Waals surface area contributed by atoms with Gasteiger partial charge < -0.3 is 10.1 Å². The number of aryl methyl sites for hydroxylation is 1. The molecule has 0 spiro atoms.